The highest BCUT2D eigenvalue weighted by Gasteiger charge is 2.38. The topological polar surface area (TPSA) is 75.4 Å². The SMILES string of the molecule is CCC1C(=O)NC(=O)CN1C(c1ccc(Br)cc1)C(C)N. The van der Waals surface area contributed by atoms with E-state index in [2.05, 4.69) is 21.2 Å². The highest BCUT2D eigenvalue weighted by molar-refractivity contribution is 9.10. The Labute approximate surface area is 133 Å². The highest BCUT2D eigenvalue weighted by Crippen LogP contribution is 2.29. The lowest BCUT2D eigenvalue weighted by Crippen LogP contribution is -2.60. The number of hydrogen-bond acceptors (Lipinski definition) is 4. The predicted molar refractivity (Wildman–Crippen MR) is 84.5 cm³/mol. The number of amides is 2. The monoisotopic (exact) mass is 353 g/mol. The molecule has 3 N–H and O–H groups in total. The quantitative estimate of drug-likeness (QED) is 0.805. The zero-order valence-corrected chi connectivity index (χ0v) is 13.8. The van der Waals surface area contributed by atoms with Crippen LogP contribution in [0.1, 0.15) is 31.9 Å². The second-order valence-electron chi connectivity index (χ2n) is 5.36. The maximum absolute atomic E-state index is 12.0. The number of rotatable bonds is 4. The van der Waals surface area contributed by atoms with Gasteiger partial charge in [0.1, 0.15) is 0 Å². The van der Waals surface area contributed by atoms with Crippen molar-refractivity contribution in [1.82, 2.24) is 10.2 Å². The molecule has 1 fully saturated rings. The van der Waals surface area contributed by atoms with Crippen molar-refractivity contribution in [3.05, 3.63) is 34.3 Å². The molecule has 3 atom stereocenters. The summed E-state index contributed by atoms with van der Waals surface area (Å²) in [6, 6.07) is 7.14. The van der Waals surface area contributed by atoms with Gasteiger partial charge in [0, 0.05) is 10.5 Å². The summed E-state index contributed by atoms with van der Waals surface area (Å²) in [7, 11) is 0. The maximum Gasteiger partial charge on any atom is 0.243 e. The van der Waals surface area contributed by atoms with Gasteiger partial charge in [-0.25, -0.2) is 0 Å². The number of imide groups is 1. The van der Waals surface area contributed by atoms with E-state index in [0.717, 1.165) is 10.0 Å². The first-order chi connectivity index (χ1) is 9.93. The molecule has 1 aromatic rings. The van der Waals surface area contributed by atoms with Gasteiger partial charge in [0.25, 0.3) is 0 Å². The van der Waals surface area contributed by atoms with Crippen LogP contribution in [0.3, 0.4) is 0 Å². The molecule has 0 saturated carbocycles. The summed E-state index contributed by atoms with van der Waals surface area (Å²) in [5.74, 6) is -0.510. The van der Waals surface area contributed by atoms with E-state index < -0.39 is 0 Å². The smallest absolute Gasteiger partial charge is 0.243 e. The Bertz CT molecular complexity index is 530. The molecule has 1 aliphatic heterocycles. The molecule has 2 rings (SSSR count). The molecular weight excluding hydrogens is 334 g/mol. The minimum atomic E-state index is -0.331. The number of carbonyl (C=O) groups is 2. The van der Waals surface area contributed by atoms with Gasteiger partial charge in [-0.3, -0.25) is 19.8 Å². The Morgan fingerprint density at radius 1 is 1.38 bits per heavy atom. The van der Waals surface area contributed by atoms with Gasteiger partial charge in [-0.2, -0.15) is 0 Å². The van der Waals surface area contributed by atoms with E-state index in [-0.39, 0.29) is 36.5 Å². The van der Waals surface area contributed by atoms with Crippen molar-refractivity contribution >= 4 is 27.7 Å². The van der Waals surface area contributed by atoms with E-state index in [1.807, 2.05) is 43.0 Å². The summed E-state index contributed by atoms with van der Waals surface area (Å²) in [6.45, 7) is 4.02. The summed E-state index contributed by atoms with van der Waals surface area (Å²) in [5, 5.41) is 2.40. The largest absolute Gasteiger partial charge is 0.326 e. The number of nitrogens with two attached hydrogens (primary N) is 1. The Kier molecular flexibility index (Phi) is 5.13. The Morgan fingerprint density at radius 2 is 2.00 bits per heavy atom. The fourth-order valence-electron chi connectivity index (χ4n) is 2.86. The average molecular weight is 354 g/mol. The summed E-state index contributed by atoms with van der Waals surface area (Å²) in [5.41, 5.74) is 7.16. The van der Waals surface area contributed by atoms with Crippen LogP contribution >= 0.6 is 15.9 Å². The van der Waals surface area contributed by atoms with Gasteiger partial charge >= 0.3 is 0 Å². The number of benzene rings is 1. The molecule has 114 valence electrons. The third-order valence-electron chi connectivity index (χ3n) is 3.75. The van der Waals surface area contributed by atoms with Crippen LogP contribution in [0.2, 0.25) is 0 Å². The maximum atomic E-state index is 12.0. The second-order valence-corrected chi connectivity index (χ2v) is 6.28. The molecule has 1 heterocycles. The Morgan fingerprint density at radius 3 is 2.52 bits per heavy atom. The number of nitrogens with one attached hydrogen (secondary N) is 1. The number of halogens is 1. The lowest BCUT2D eigenvalue weighted by atomic mass is 9.95. The summed E-state index contributed by atoms with van der Waals surface area (Å²) in [4.78, 5) is 25.7. The molecule has 0 spiro atoms. The van der Waals surface area contributed by atoms with Crippen LogP contribution in [-0.4, -0.2) is 35.3 Å². The fourth-order valence-corrected chi connectivity index (χ4v) is 3.12. The van der Waals surface area contributed by atoms with Crippen LogP contribution in [0.5, 0.6) is 0 Å². The van der Waals surface area contributed by atoms with Gasteiger partial charge < -0.3 is 5.73 Å². The molecule has 21 heavy (non-hydrogen) atoms. The minimum absolute atomic E-state index is 0.168. The van der Waals surface area contributed by atoms with Crippen LogP contribution in [-0.2, 0) is 9.59 Å². The highest BCUT2D eigenvalue weighted by atomic mass is 79.9. The zero-order valence-electron chi connectivity index (χ0n) is 12.2. The Balaban J connectivity index is 2.37. The lowest BCUT2D eigenvalue weighted by molar-refractivity contribution is -0.142. The fraction of sp³-hybridized carbons (Fsp3) is 0.467. The van der Waals surface area contributed by atoms with Gasteiger partial charge in [0.2, 0.25) is 11.8 Å². The van der Waals surface area contributed by atoms with E-state index in [0.29, 0.717) is 6.42 Å². The van der Waals surface area contributed by atoms with Crippen molar-refractivity contribution in [2.24, 2.45) is 5.73 Å². The van der Waals surface area contributed by atoms with Crippen LogP contribution in [0.25, 0.3) is 0 Å². The first-order valence-corrected chi connectivity index (χ1v) is 7.83. The zero-order chi connectivity index (χ0) is 15.6. The molecule has 1 aromatic carbocycles. The molecule has 0 bridgehead atoms. The van der Waals surface area contributed by atoms with E-state index in [1.54, 1.807) is 0 Å². The van der Waals surface area contributed by atoms with Crippen LogP contribution in [0.4, 0.5) is 0 Å². The van der Waals surface area contributed by atoms with Gasteiger partial charge in [-0.15, -0.1) is 0 Å². The molecule has 2 amide bonds. The van der Waals surface area contributed by atoms with Crippen molar-refractivity contribution in [2.75, 3.05) is 6.54 Å². The predicted octanol–water partition coefficient (Wildman–Crippen LogP) is 1.57. The van der Waals surface area contributed by atoms with Crippen molar-refractivity contribution in [3.8, 4) is 0 Å². The molecule has 1 aliphatic rings. The third kappa shape index (κ3) is 3.51. The van der Waals surface area contributed by atoms with Crippen LogP contribution < -0.4 is 11.1 Å². The lowest BCUT2D eigenvalue weighted by Gasteiger charge is -2.41. The number of carbonyl (C=O) groups excluding carboxylic acids is 2. The molecule has 1 saturated heterocycles. The van der Waals surface area contributed by atoms with Crippen molar-refractivity contribution < 1.29 is 9.59 Å². The Hall–Kier alpha value is -1.24. The van der Waals surface area contributed by atoms with Crippen LogP contribution in [0.15, 0.2) is 28.7 Å². The number of nitrogens with zero attached hydrogens (tertiary/aromatic N) is 1. The van der Waals surface area contributed by atoms with E-state index in [9.17, 15) is 9.59 Å². The molecule has 5 nitrogen and oxygen atoms in total. The van der Waals surface area contributed by atoms with Crippen LogP contribution in [0, 0.1) is 0 Å². The molecular formula is C15H20BrN3O2. The van der Waals surface area contributed by atoms with E-state index in [4.69, 9.17) is 5.73 Å². The van der Waals surface area contributed by atoms with E-state index in [1.165, 1.54) is 0 Å². The number of piperazine rings is 1. The van der Waals surface area contributed by atoms with Gasteiger partial charge in [0.05, 0.1) is 18.6 Å². The van der Waals surface area contributed by atoms with Crippen molar-refractivity contribution in [1.29, 1.82) is 0 Å². The first kappa shape index (κ1) is 16.1. The molecule has 0 radical (unpaired) electrons. The van der Waals surface area contributed by atoms with Crippen molar-refractivity contribution in [3.63, 3.8) is 0 Å². The summed E-state index contributed by atoms with van der Waals surface area (Å²) in [6.07, 6.45) is 0.638. The minimum Gasteiger partial charge on any atom is -0.326 e. The molecule has 0 aliphatic carbocycles. The normalized spacial score (nSPS) is 22.8. The average Bonchev–Trinajstić information content (AvgIpc) is 2.40. The van der Waals surface area contributed by atoms with E-state index >= 15 is 0 Å². The first-order valence-electron chi connectivity index (χ1n) is 7.04. The summed E-state index contributed by atoms with van der Waals surface area (Å²) >= 11 is 3.41. The molecule has 3 unspecified atom stereocenters. The van der Waals surface area contributed by atoms with Gasteiger partial charge in [-0.1, -0.05) is 35.0 Å². The summed E-state index contributed by atoms with van der Waals surface area (Å²) < 4.78 is 0.981. The second kappa shape index (κ2) is 6.68. The standard InChI is InChI=1S/C15H20BrN3O2/c1-3-12-15(21)18-13(20)8-19(12)14(9(2)17)10-4-6-11(16)7-5-10/h4-7,9,12,14H,3,8,17H2,1-2H3,(H,18,20,21). The number of hydrogen-bond donors (Lipinski definition) is 2. The van der Waals surface area contributed by atoms with Crippen molar-refractivity contribution in [2.45, 2.75) is 38.4 Å². The van der Waals surface area contributed by atoms with Gasteiger partial charge in [-0.05, 0) is 31.0 Å². The third-order valence-corrected chi connectivity index (χ3v) is 4.27. The molecule has 0 aromatic heterocycles. The van der Waals surface area contributed by atoms with Gasteiger partial charge in [0.15, 0.2) is 0 Å². The molecule has 6 heteroatoms.